The van der Waals surface area contributed by atoms with Gasteiger partial charge in [0.15, 0.2) is 6.04 Å². The minimum atomic E-state index is -1.16. The standard InChI is InChI=1S/C11H21NO5/c1-6-16-7(2)8(9(13)14)12-10(15)17-11(3,4)5/h7-8H,6H2,1-5H3,(H,12,15)(H,13,14)/t7-,8?/m0/s1. The topological polar surface area (TPSA) is 84.9 Å². The Morgan fingerprint density at radius 1 is 1.35 bits per heavy atom. The highest BCUT2D eigenvalue weighted by molar-refractivity contribution is 5.80. The maximum atomic E-state index is 11.4. The molecule has 0 aromatic rings. The summed E-state index contributed by atoms with van der Waals surface area (Å²) in [6.45, 7) is 8.82. The van der Waals surface area contributed by atoms with Crippen molar-refractivity contribution in [1.82, 2.24) is 5.32 Å². The van der Waals surface area contributed by atoms with E-state index in [0.717, 1.165) is 0 Å². The molecule has 2 atom stereocenters. The first-order chi connectivity index (χ1) is 7.67. The van der Waals surface area contributed by atoms with Gasteiger partial charge in [0.2, 0.25) is 0 Å². The maximum Gasteiger partial charge on any atom is 0.408 e. The highest BCUT2D eigenvalue weighted by Gasteiger charge is 2.29. The van der Waals surface area contributed by atoms with Gasteiger partial charge in [-0.15, -0.1) is 0 Å². The van der Waals surface area contributed by atoms with Crippen LogP contribution >= 0.6 is 0 Å². The third kappa shape index (κ3) is 6.78. The van der Waals surface area contributed by atoms with Crippen LogP contribution in [0.4, 0.5) is 4.79 Å². The first-order valence-corrected chi connectivity index (χ1v) is 5.51. The van der Waals surface area contributed by atoms with E-state index in [9.17, 15) is 9.59 Å². The average Bonchev–Trinajstić information content (AvgIpc) is 2.11. The van der Waals surface area contributed by atoms with Crippen molar-refractivity contribution in [2.45, 2.75) is 52.4 Å². The van der Waals surface area contributed by atoms with Crippen molar-refractivity contribution in [2.24, 2.45) is 0 Å². The molecule has 0 heterocycles. The third-order valence-corrected chi connectivity index (χ3v) is 1.84. The highest BCUT2D eigenvalue weighted by Crippen LogP contribution is 2.08. The first-order valence-electron chi connectivity index (χ1n) is 5.51. The fourth-order valence-corrected chi connectivity index (χ4v) is 1.17. The molecular formula is C11H21NO5. The number of carboxylic acids is 1. The van der Waals surface area contributed by atoms with E-state index in [1.165, 1.54) is 0 Å². The molecule has 0 saturated carbocycles. The predicted molar refractivity (Wildman–Crippen MR) is 61.9 cm³/mol. The minimum absolute atomic E-state index is 0.376. The molecular weight excluding hydrogens is 226 g/mol. The van der Waals surface area contributed by atoms with Crippen LogP contribution in [0.25, 0.3) is 0 Å². The Bertz CT molecular complexity index is 272. The summed E-state index contributed by atoms with van der Waals surface area (Å²) >= 11 is 0. The Morgan fingerprint density at radius 2 is 1.88 bits per heavy atom. The molecule has 0 aliphatic carbocycles. The predicted octanol–water partition coefficient (Wildman–Crippen LogP) is 1.39. The van der Waals surface area contributed by atoms with Gasteiger partial charge in [-0.1, -0.05) is 0 Å². The van der Waals surface area contributed by atoms with Gasteiger partial charge in [0, 0.05) is 6.61 Å². The van der Waals surface area contributed by atoms with E-state index in [4.69, 9.17) is 14.6 Å². The smallest absolute Gasteiger partial charge is 0.408 e. The minimum Gasteiger partial charge on any atom is -0.480 e. The van der Waals surface area contributed by atoms with Crippen molar-refractivity contribution < 1.29 is 24.2 Å². The molecule has 6 nitrogen and oxygen atoms in total. The van der Waals surface area contributed by atoms with Crippen LogP contribution in [0.1, 0.15) is 34.6 Å². The third-order valence-electron chi connectivity index (χ3n) is 1.84. The number of amides is 1. The van der Waals surface area contributed by atoms with Gasteiger partial charge < -0.3 is 19.9 Å². The summed E-state index contributed by atoms with van der Waals surface area (Å²) in [5, 5.41) is 11.2. The summed E-state index contributed by atoms with van der Waals surface area (Å²) in [4.78, 5) is 22.4. The Morgan fingerprint density at radius 3 is 2.24 bits per heavy atom. The Kier molecular flexibility index (Phi) is 5.95. The maximum absolute atomic E-state index is 11.4. The number of carbonyl (C=O) groups is 2. The SMILES string of the molecule is CCO[C@@H](C)C(NC(=O)OC(C)(C)C)C(=O)O. The molecule has 0 rings (SSSR count). The zero-order valence-corrected chi connectivity index (χ0v) is 10.9. The summed E-state index contributed by atoms with van der Waals surface area (Å²) in [6.07, 6.45) is -1.39. The number of hydrogen-bond donors (Lipinski definition) is 2. The molecule has 0 saturated heterocycles. The second-order valence-electron chi connectivity index (χ2n) is 4.62. The van der Waals surface area contributed by atoms with Gasteiger partial charge in [0.25, 0.3) is 0 Å². The molecule has 2 N–H and O–H groups in total. The van der Waals surface area contributed by atoms with Crippen molar-refractivity contribution in [3.05, 3.63) is 0 Å². The fourth-order valence-electron chi connectivity index (χ4n) is 1.17. The Hall–Kier alpha value is -1.30. The van der Waals surface area contributed by atoms with E-state index in [1.54, 1.807) is 34.6 Å². The van der Waals surface area contributed by atoms with Crippen molar-refractivity contribution in [3.8, 4) is 0 Å². The Labute approximate surface area is 101 Å². The number of hydrogen-bond acceptors (Lipinski definition) is 4. The van der Waals surface area contributed by atoms with Crippen LogP contribution in [0.5, 0.6) is 0 Å². The Balaban J connectivity index is 4.45. The lowest BCUT2D eigenvalue weighted by atomic mass is 10.2. The van der Waals surface area contributed by atoms with Crippen molar-refractivity contribution >= 4 is 12.1 Å². The number of rotatable bonds is 5. The van der Waals surface area contributed by atoms with Gasteiger partial charge in [-0.25, -0.2) is 9.59 Å². The summed E-state index contributed by atoms with van der Waals surface area (Å²) in [6, 6.07) is -1.12. The number of carbonyl (C=O) groups excluding carboxylic acids is 1. The van der Waals surface area contributed by atoms with Crippen LogP contribution in [0.15, 0.2) is 0 Å². The lowest BCUT2D eigenvalue weighted by molar-refractivity contribution is -0.143. The van der Waals surface area contributed by atoms with E-state index in [-0.39, 0.29) is 0 Å². The normalized spacial score (nSPS) is 14.9. The monoisotopic (exact) mass is 247 g/mol. The molecule has 0 radical (unpaired) electrons. The number of nitrogens with one attached hydrogen (secondary N) is 1. The summed E-state index contributed by atoms with van der Waals surface area (Å²) < 4.78 is 10.1. The van der Waals surface area contributed by atoms with Gasteiger partial charge in [-0.3, -0.25) is 0 Å². The van der Waals surface area contributed by atoms with E-state index in [2.05, 4.69) is 5.32 Å². The van der Waals surface area contributed by atoms with Gasteiger partial charge >= 0.3 is 12.1 Å². The molecule has 17 heavy (non-hydrogen) atoms. The average molecular weight is 247 g/mol. The molecule has 100 valence electrons. The second-order valence-corrected chi connectivity index (χ2v) is 4.62. The molecule has 6 heteroatoms. The van der Waals surface area contributed by atoms with Crippen molar-refractivity contribution in [2.75, 3.05) is 6.61 Å². The van der Waals surface area contributed by atoms with E-state index < -0.39 is 29.8 Å². The van der Waals surface area contributed by atoms with Crippen molar-refractivity contribution in [3.63, 3.8) is 0 Å². The lowest BCUT2D eigenvalue weighted by Gasteiger charge is -2.24. The molecule has 0 bridgehead atoms. The quantitative estimate of drug-likeness (QED) is 0.766. The van der Waals surface area contributed by atoms with Gasteiger partial charge in [0.1, 0.15) is 5.60 Å². The van der Waals surface area contributed by atoms with E-state index >= 15 is 0 Å². The molecule has 0 aromatic carbocycles. The van der Waals surface area contributed by atoms with Crippen LogP contribution in [0.2, 0.25) is 0 Å². The molecule has 0 aliphatic rings. The van der Waals surface area contributed by atoms with Gasteiger partial charge in [-0.05, 0) is 34.6 Å². The molecule has 0 spiro atoms. The molecule has 0 fully saturated rings. The van der Waals surface area contributed by atoms with Gasteiger partial charge in [0.05, 0.1) is 6.10 Å². The van der Waals surface area contributed by atoms with E-state index in [0.29, 0.717) is 6.61 Å². The number of carboxylic acid groups (broad SMARTS) is 1. The lowest BCUT2D eigenvalue weighted by Crippen LogP contribution is -2.50. The van der Waals surface area contributed by atoms with Crippen LogP contribution in [0.3, 0.4) is 0 Å². The second kappa shape index (κ2) is 6.44. The number of alkyl carbamates (subject to hydrolysis) is 1. The summed E-state index contributed by atoms with van der Waals surface area (Å²) in [5.74, 6) is -1.16. The van der Waals surface area contributed by atoms with Crippen molar-refractivity contribution in [1.29, 1.82) is 0 Å². The highest BCUT2D eigenvalue weighted by atomic mass is 16.6. The first kappa shape index (κ1) is 15.7. The van der Waals surface area contributed by atoms with Crippen LogP contribution in [-0.4, -0.2) is 41.5 Å². The van der Waals surface area contributed by atoms with Crippen LogP contribution in [0, 0.1) is 0 Å². The zero-order chi connectivity index (χ0) is 13.6. The summed E-state index contributed by atoms with van der Waals surface area (Å²) in [7, 11) is 0. The molecule has 0 aromatic heterocycles. The van der Waals surface area contributed by atoms with Crippen LogP contribution in [-0.2, 0) is 14.3 Å². The van der Waals surface area contributed by atoms with Crippen LogP contribution < -0.4 is 5.32 Å². The largest absolute Gasteiger partial charge is 0.480 e. The zero-order valence-electron chi connectivity index (χ0n) is 10.9. The molecule has 1 amide bonds. The van der Waals surface area contributed by atoms with Gasteiger partial charge in [-0.2, -0.15) is 0 Å². The summed E-state index contributed by atoms with van der Waals surface area (Å²) in [5.41, 5.74) is -0.665. The number of ether oxygens (including phenoxy) is 2. The fraction of sp³-hybridized carbons (Fsp3) is 0.818. The number of aliphatic carboxylic acids is 1. The van der Waals surface area contributed by atoms with E-state index in [1.807, 2.05) is 0 Å². The molecule has 0 aliphatic heterocycles. The molecule has 1 unspecified atom stereocenters.